The van der Waals surface area contributed by atoms with Crippen LogP contribution in [0.4, 0.5) is 13.2 Å². The van der Waals surface area contributed by atoms with E-state index in [1.54, 1.807) is 12.1 Å². The van der Waals surface area contributed by atoms with Crippen molar-refractivity contribution in [1.82, 2.24) is 0 Å². The molecule has 0 bridgehead atoms. The highest BCUT2D eigenvalue weighted by molar-refractivity contribution is 7.62. The average Bonchev–Trinajstić information content (AvgIpc) is 2.67. The van der Waals surface area contributed by atoms with Crippen molar-refractivity contribution < 1.29 is 26.8 Å². The van der Waals surface area contributed by atoms with Crippen molar-refractivity contribution in [3.63, 3.8) is 0 Å². The standard InChI is InChI=1S/C20H16F3O3P/c21-17-9-3-1-7-15(17)13-25-27(24,20-12-6-5-11-19(20)23)26-14-16-8-2-4-10-18(16)22/h1-12H,13-14H2. The zero-order chi connectivity index (χ0) is 19.3. The van der Waals surface area contributed by atoms with Crippen LogP contribution in [0.2, 0.25) is 0 Å². The van der Waals surface area contributed by atoms with E-state index >= 15 is 0 Å². The third-order valence-electron chi connectivity index (χ3n) is 3.84. The largest absolute Gasteiger partial charge is 0.364 e. The van der Waals surface area contributed by atoms with Gasteiger partial charge in [0.15, 0.2) is 0 Å². The molecule has 0 saturated heterocycles. The van der Waals surface area contributed by atoms with Crippen LogP contribution in [0, 0.1) is 17.5 Å². The molecule has 3 aromatic rings. The summed E-state index contributed by atoms with van der Waals surface area (Å²) in [4.78, 5) is 0. The van der Waals surface area contributed by atoms with Crippen molar-refractivity contribution in [3.8, 4) is 0 Å². The molecule has 0 atom stereocenters. The first-order valence-electron chi connectivity index (χ1n) is 8.10. The first-order valence-corrected chi connectivity index (χ1v) is 9.65. The summed E-state index contributed by atoms with van der Waals surface area (Å²) < 4.78 is 65.8. The maximum Gasteiger partial charge on any atom is 0.364 e. The molecule has 0 aliphatic carbocycles. The fraction of sp³-hybridized carbons (Fsp3) is 0.100. The minimum absolute atomic E-state index is 0.142. The van der Waals surface area contributed by atoms with Gasteiger partial charge >= 0.3 is 7.60 Å². The highest BCUT2D eigenvalue weighted by Crippen LogP contribution is 2.49. The van der Waals surface area contributed by atoms with Crippen LogP contribution >= 0.6 is 7.60 Å². The average molecular weight is 392 g/mol. The van der Waals surface area contributed by atoms with Crippen LogP contribution in [0.25, 0.3) is 0 Å². The minimum atomic E-state index is -4.19. The lowest BCUT2D eigenvalue weighted by Gasteiger charge is -2.20. The highest BCUT2D eigenvalue weighted by Gasteiger charge is 2.31. The van der Waals surface area contributed by atoms with Crippen molar-refractivity contribution in [2.75, 3.05) is 0 Å². The van der Waals surface area contributed by atoms with Crippen molar-refractivity contribution in [3.05, 3.63) is 101 Å². The topological polar surface area (TPSA) is 35.5 Å². The first-order chi connectivity index (χ1) is 13.0. The van der Waals surface area contributed by atoms with Gasteiger partial charge in [-0.3, -0.25) is 4.57 Å². The van der Waals surface area contributed by atoms with Gasteiger partial charge in [0.25, 0.3) is 0 Å². The third kappa shape index (κ3) is 4.66. The zero-order valence-electron chi connectivity index (χ0n) is 14.1. The van der Waals surface area contributed by atoms with E-state index in [4.69, 9.17) is 9.05 Å². The molecule has 0 saturated carbocycles. The van der Waals surface area contributed by atoms with E-state index in [0.717, 1.165) is 6.07 Å². The summed E-state index contributed by atoms with van der Waals surface area (Å²) in [6.07, 6.45) is 0. The quantitative estimate of drug-likeness (QED) is 0.508. The Bertz CT molecular complexity index is 924. The predicted molar refractivity (Wildman–Crippen MR) is 96.0 cm³/mol. The molecule has 140 valence electrons. The maximum atomic E-state index is 14.2. The molecule has 3 aromatic carbocycles. The molecule has 7 heteroatoms. The molecule has 0 amide bonds. The SMILES string of the molecule is O=P(OCc1ccccc1F)(OCc1ccccc1F)c1ccccc1F. The summed E-state index contributed by atoms with van der Waals surface area (Å²) in [6.45, 7) is -0.787. The van der Waals surface area contributed by atoms with Gasteiger partial charge in [-0.2, -0.15) is 0 Å². The molecule has 3 rings (SSSR count). The summed E-state index contributed by atoms with van der Waals surface area (Å²) in [7, 11) is -4.19. The maximum absolute atomic E-state index is 14.2. The van der Waals surface area contributed by atoms with Gasteiger partial charge in [-0.25, -0.2) is 13.2 Å². The van der Waals surface area contributed by atoms with E-state index in [-0.39, 0.29) is 16.4 Å². The fourth-order valence-corrected chi connectivity index (χ4v) is 3.97. The third-order valence-corrected chi connectivity index (χ3v) is 5.73. The van der Waals surface area contributed by atoms with Crippen LogP contribution in [0.5, 0.6) is 0 Å². The van der Waals surface area contributed by atoms with Gasteiger partial charge in [0.1, 0.15) is 17.5 Å². The van der Waals surface area contributed by atoms with E-state index in [9.17, 15) is 17.7 Å². The van der Waals surface area contributed by atoms with Gasteiger partial charge in [-0.05, 0) is 24.3 Å². The Balaban J connectivity index is 1.87. The Morgan fingerprint density at radius 3 is 1.48 bits per heavy atom. The normalized spacial score (nSPS) is 11.5. The monoisotopic (exact) mass is 392 g/mol. The number of rotatable bonds is 7. The first kappa shape index (κ1) is 19.4. The van der Waals surface area contributed by atoms with Crippen molar-refractivity contribution in [2.24, 2.45) is 0 Å². The fourth-order valence-electron chi connectivity index (χ4n) is 2.39. The van der Waals surface area contributed by atoms with Crippen molar-refractivity contribution in [2.45, 2.75) is 13.2 Å². The van der Waals surface area contributed by atoms with Gasteiger partial charge in [0.05, 0.1) is 18.5 Å². The van der Waals surface area contributed by atoms with Crippen LogP contribution in [-0.4, -0.2) is 0 Å². The zero-order valence-corrected chi connectivity index (χ0v) is 15.0. The molecule has 0 radical (unpaired) electrons. The molecule has 0 N–H and O–H groups in total. The smallest absolute Gasteiger partial charge is 0.300 e. The number of hydrogen-bond acceptors (Lipinski definition) is 3. The lowest BCUT2D eigenvalue weighted by Crippen LogP contribution is -2.15. The van der Waals surface area contributed by atoms with E-state index in [0.29, 0.717) is 0 Å². The van der Waals surface area contributed by atoms with Crippen LogP contribution in [-0.2, 0) is 26.8 Å². The minimum Gasteiger partial charge on any atom is -0.300 e. The number of benzene rings is 3. The lowest BCUT2D eigenvalue weighted by atomic mass is 10.2. The van der Waals surface area contributed by atoms with E-state index in [2.05, 4.69) is 0 Å². The molecule has 0 aromatic heterocycles. The molecular weight excluding hydrogens is 376 g/mol. The summed E-state index contributed by atoms with van der Waals surface area (Å²) in [5.74, 6) is -1.89. The highest BCUT2D eigenvalue weighted by atomic mass is 31.2. The van der Waals surface area contributed by atoms with Gasteiger partial charge < -0.3 is 9.05 Å². The Kier molecular flexibility index (Phi) is 6.11. The van der Waals surface area contributed by atoms with Crippen molar-refractivity contribution in [1.29, 1.82) is 0 Å². The number of hydrogen-bond donors (Lipinski definition) is 0. The van der Waals surface area contributed by atoms with E-state index in [1.807, 2.05) is 0 Å². The van der Waals surface area contributed by atoms with Gasteiger partial charge in [-0.15, -0.1) is 0 Å². The second kappa shape index (κ2) is 8.53. The van der Waals surface area contributed by atoms with Crippen molar-refractivity contribution >= 4 is 12.9 Å². The number of halogens is 3. The molecule has 3 nitrogen and oxygen atoms in total. The summed E-state index contributed by atoms with van der Waals surface area (Å²) in [5.41, 5.74) is 0.284. The van der Waals surface area contributed by atoms with Crippen LogP contribution in [0.3, 0.4) is 0 Å². The molecule has 0 aliphatic rings. The summed E-state index contributed by atoms with van der Waals surface area (Å²) in [5, 5.41) is -0.294. The second-order valence-electron chi connectivity index (χ2n) is 5.68. The van der Waals surface area contributed by atoms with Crippen LogP contribution in [0.1, 0.15) is 11.1 Å². The van der Waals surface area contributed by atoms with Gasteiger partial charge in [-0.1, -0.05) is 48.5 Å². The van der Waals surface area contributed by atoms with Crippen LogP contribution in [0.15, 0.2) is 72.8 Å². The molecule has 0 heterocycles. The Morgan fingerprint density at radius 1 is 0.630 bits per heavy atom. The van der Waals surface area contributed by atoms with Gasteiger partial charge in [0, 0.05) is 11.1 Å². The Hall–Kier alpha value is -2.40. The summed E-state index contributed by atoms with van der Waals surface area (Å²) >= 11 is 0. The van der Waals surface area contributed by atoms with E-state index in [1.165, 1.54) is 54.6 Å². The predicted octanol–water partition coefficient (Wildman–Crippen LogP) is 5.36. The second-order valence-corrected chi connectivity index (χ2v) is 7.67. The summed E-state index contributed by atoms with van der Waals surface area (Å²) in [6, 6.07) is 16.8. The molecule has 0 fully saturated rings. The van der Waals surface area contributed by atoms with Gasteiger partial charge in [0.2, 0.25) is 0 Å². The molecule has 0 unspecified atom stereocenters. The Labute approximate surface area is 154 Å². The lowest BCUT2D eigenvalue weighted by molar-refractivity contribution is 0.196. The molecule has 0 aliphatic heterocycles. The molecular formula is C20H16F3O3P. The Morgan fingerprint density at radius 2 is 1.04 bits per heavy atom. The van der Waals surface area contributed by atoms with E-state index < -0.39 is 38.3 Å². The molecule has 27 heavy (non-hydrogen) atoms. The van der Waals surface area contributed by atoms with Crippen LogP contribution < -0.4 is 5.30 Å². The molecule has 0 spiro atoms.